The molecule has 1 aliphatic carbocycles. The molecule has 1 fully saturated rings. The van der Waals surface area contributed by atoms with Crippen LogP contribution in [0.1, 0.15) is 35.1 Å². The van der Waals surface area contributed by atoms with Crippen LogP contribution in [0.15, 0.2) is 71.8 Å². The average molecular weight is 394 g/mol. The molecule has 0 saturated heterocycles. The number of aliphatic hydroxyl groups excluding tert-OH is 1. The van der Waals surface area contributed by atoms with Gasteiger partial charge in [0.05, 0.1) is 17.3 Å². The second kappa shape index (κ2) is 7.49. The Bertz CT molecular complexity index is 1080. The van der Waals surface area contributed by atoms with E-state index in [-0.39, 0.29) is 17.3 Å². The van der Waals surface area contributed by atoms with Crippen molar-refractivity contribution >= 4 is 9.84 Å². The van der Waals surface area contributed by atoms with Gasteiger partial charge in [-0.3, -0.25) is 4.98 Å². The molecule has 4 rings (SSSR count). The Hall–Kier alpha value is -2.50. The normalized spacial score (nSPS) is 18.8. The lowest BCUT2D eigenvalue weighted by Crippen LogP contribution is -2.09. The van der Waals surface area contributed by atoms with Gasteiger partial charge in [-0.2, -0.15) is 0 Å². The van der Waals surface area contributed by atoms with Gasteiger partial charge >= 0.3 is 0 Å². The molecule has 3 aromatic rings. The molecule has 1 saturated carbocycles. The van der Waals surface area contributed by atoms with Gasteiger partial charge in [-0.1, -0.05) is 36.4 Å². The number of benzene rings is 2. The van der Waals surface area contributed by atoms with E-state index in [9.17, 15) is 8.42 Å². The van der Waals surface area contributed by atoms with Crippen LogP contribution in [0.25, 0.3) is 11.1 Å². The van der Waals surface area contributed by atoms with Gasteiger partial charge in [0.2, 0.25) is 0 Å². The molecule has 2 aromatic carbocycles. The third kappa shape index (κ3) is 3.73. The fraction of sp³-hybridized carbons (Fsp3) is 0.261. The highest BCUT2D eigenvalue weighted by Gasteiger charge is 2.41. The monoisotopic (exact) mass is 393 g/mol. The largest absolute Gasteiger partial charge is 0.395 e. The minimum absolute atomic E-state index is 0.245. The molecule has 1 heterocycles. The van der Waals surface area contributed by atoms with Crippen LogP contribution >= 0.6 is 0 Å². The maximum Gasteiger partial charge on any atom is 0.180 e. The number of sulfone groups is 1. The van der Waals surface area contributed by atoms with Gasteiger partial charge in [-0.25, -0.2) is 8.42 Å². The molecule has 0 spiro atoms. The Balaban J connectivity index is 1.60. The lowest BCUT2D eigenvalue weighted by molar-refractivity contribution is 0.319. The quantitative estimate of drug-likeness (QED) is 0.685. The summed E-state index contributed by atoms with van der Waals surface area (Å²) in [5, 5.41) is 8.93. The van der Waals surface area contributed by atoms with Crippen LogP contribution in [-0.2, 0) is 9.84 Å². The second-order valence-corrected chi connectivity index (χ2v) is 9.45. The van der Waals surface area contributed by atoms with Crippen molar-refractivity contribution in [3.05, 3.63) is 83.7 Å². The van der Waals surface area contributed by atoms with Gasteiger partial charge in [0.1, 0.15) is 0 Å². The van der Waals surface area contributed by atoms with Gasteiger partial charge in [-0.15, -0.1) is 0 Å². The zero-order valence-corrected chi connectivity index (χ0v) is 16.6. The predicted molar refractivity (Wildman–Crippen MR) is 110 cm³/mol. The van der Waals surface area contributed by atoms with Crippen molar-refractivity contribution in [3.8, 4) is 11.1 Å². The Morgan fingerprint density at radius 1 is 1.00 bits per heavy atom. The SMILES string of the molecule is Cc1ccc(-c2ccc(S(=O)(=O)CCO)cc2)cc1[C@@H]1C[C@@H]1c1ccccn1. The third-order valence-corrected chi connectivity index (χ3v) is 7.15. The summed E-state index contributed by atoms with van der Waals surface area (Å²) in [5.41, 5.74) is 5.83. The molecule has 0 amide bonds. The smallest absolute Gasteiger partial charge is 0.180 e. The molecule has 28 heavy (non-hydrogen) atoms. The average Bonchev–Trinajstić information content (AvgIpc) is 3.50. The highest BCUT2D eigenvalue weighted by molar-refractivity contribution is 7.91. The topological polar surface area (TPSA) is 67.3 Å². The Kier molecular flexibility index (Phi) is 5.04. The van der Waals surface area contributed by atoms with Crippen LogP contribution in [0.5, 0.6) is 0 Å². The Labute approximate surface area is 165 Å². The van der Waals surface area contributed by atoms with Crippen molar-refractivity contribution in [3.63, 3.8) is 0 Å². The number of aliphatic hydroxyl groups is 1. The van der Waals surface area contributed by atoms with Gasteiger partial charge in [0, 0.05) is 17.8 Å². The van der Waals surface area contributed by atoms with Crippen LogP contribution in [0.3, 0.4) is 0 Å². The molecule has 0 aliphatic heterocycles. The van der Waals surface area contributed by atoms with Crippen molar-refractivity contribution in [2.45, 2.75) is 30.1 Å². The fourth-order valence-corrected chi connectivity index (χ4v) is 4.80. The summed E-state index contributed by atoms with van der Waals surface area (Å²) in [7, 11) is -3.42. The number of rotatable bonds is 6. The molecule has 0 unspecified atom stereocenters. The first-order valence-corrected chi connectivity index (χ1v) is 11.1. The van der Waals surface area contributed by atoms with E-state index in [1.54, 1.807) is 12.1 Å². The first-order valence-electron chi connectivity index (χ1n) is 9.45. The summed E-state index contributed by atoms with van der Waals surface area (Å²) in [5.74, 6) is 0.706. The number of hydrogen-bond donors (Lipinski definition) is 1. The summed E-state index contributed by atoms with van der Waals surface area (Å²) >= 11 is 0. The van der Waals surface area contributed by atoms with Crippen LogP contribution in [0.4, 0.5) is 0 Å². The van der Waals surface area contributed by atoms with Crippen molar-refractivity contribution < 1.29 is 13.5 Å². The highest BCUT2D eigenvalue weighted by Crippen LogP contribution is 2.55. The summed E-state index contributed by atoms with van der Waals surface area (Å²) in [6.45, 7) is 1.77. The van der Waals surface area contributed by atoms with Crippen molar-refractivity contribution in [1.82, 2.24) is 4.98 Å². The number of pyridine rings is 1. The van der Waals surface area contributed by atoms with Gasteiger partial charge in [0.15, 0.2) is 9.84 Å². The van der Waals surface area contributed by atoms with Gasteiger partial charge in [0.25, 0.3) is 0 Å². The molecular weight excluding hydrogens is 370 g/mol. The van der Waals surface area contributed by atoms with E-state index in [0.717, 1.165) is 23.2 Å². The lowest BCUT2D eigenvalue weighted by atomic mass is 9.96. The van der Waals surface area contributed by atoms with Crippen molar-refractivity contribution in [2.75, 3.05) is 12.4 Å². The maximum absolute atomic E-state index is 12.1. The first kappa shape index (κ1) is 18.8. The van der Waals surface area contributed by atoms with Gasteiger partial charge < -0.3 is 5.11 Å². The number of nitrogens with zero attached hydrogens (tertiary/aromatic N) is 1. The van der Waals surface area contributed by atoms with Crippen LogP contribution in [0.2, 0.25) is 0 Å². The van der Waals surface area contributed by atoms with Crippen LogP contribution in [-0.4, -0.2) is 30.9 Å². The molecule has 1 aromatic heterocycles. The summed E-state index contributed by atoms with van der Waals surface area (Å²) in [6.07, 6.45) is 2.96. The van der Waals surface area contributed by atoms with E-state index in [2.05, 4.69) is 36.2 Å². The van der Waals surface area contributed by atoms with E-state index < -0.39 is 9.84 Å². The molecule has 2 atom stereocenters. The third-order valence-electron chi connectivity index (χ3n) is 5.44. The molecule has 0 bridgehead atoms. The molecule has 0 radical (unpaired) electrons. The lowest BCUT2D eigenvalue weighted by Gasteiger charge is -2.10. The molecule has 5 heteroatoms. The second-order valence-electron chi connectivity index (χ2n) is 7.34. The summed E-state index contributed by atoms with van der Waals surface area (Å²) in [4.78, 5) is 4.75. The maximum atomic E-state index is 12.1. The van der Waals surface area contributed by atoms with Crippen LogP contribution in [0, 0.1) is 6.92 Å². The minimum Gasteiger partial charge on any atom is -0.395 e. The fourth-order valence-electron chi connectivity index (χ4n) is 3.77. The number of aryl methyl sites for hydroxylation is 1. The van der Waals surface area contributed by atoms with Gasteiger partial charge in [-0.05, 0) is 65.8 Å². The molecule has 4 nitrogen and oxygen atoms in total. The summed E-state index contributed by atoms with van der Waals surface area (Å²) < 4.78 is 24.2. The first-order chi connectivity index (χ1) is 13.5. The molecule has 1 aliphatic rings. The van der Waals surface area contributed by atoms with E-state index in [1.807, 2.05) is 30.5 Å². The zero-order chi connectivity index (χ0) is 19.7. The van der Waals surface area contributed by atoms with E-state index >= 15 is 0 Å². The zero-order valence-electron chi connectivity index (χ0n) is 15.7. The highest BCUT2D eigenvalue weighted by atomic mass is 32.2. The van der Waals surface area contributed by atoms with E-state index in [0.29, 0.717) is 11.8 Å². The van der Waals surface area contributed by atoms with E-state index in [4.69, 9.17) is 5.11 Å². The van der Waals surface area contributed by atoms with Crippen molar-refractivity contribution in [1.29, 1.82) is 0 Å². The van der Waals surface area contributed by atoms with Crippen LogP contribution < -0.4 is 0 Å². The number of hydrogen-bond acceptors (Lipinski definition) is 4. The predicted octanol–water partition coefficient (Wildman–Crippen LogP) is 4.09. The molecular formula is C23H23NO3S. The number of aromatic nitrogens is 1. The Morgan fingerprint density at radius 2 is 1.75 bits per heavy atom. The Morgan fingerprint density at radius 3 is 2.43 bits per heavy atom. The molecule has 1 N–H and O–H groups in total. The minimum atomic E-state index is -3.42. The summed E-state index contributed by atoms with van der Waals surface area (Å²) in [6, 6.07) is 19.4. The molecule has 144 valence electrons. The standard InChI is InChI=1S/C23H23NO3S/c1-16-5-6-18(17-7-9-19(10-8-17)28(26,27)13-12-25)14-20(16)21-15-22(21)23-4-2-3-11-24-23/h2-11,14,21-22,25H,12-13,15H2,1H3/t21-,22-/m0/s1. The van der Waals surface area contributed by atoms with Crippen molar-refractivity contribution in [2.24, 2.45) is 0 Å². The van der Waals surface area contributed by atoms with E-state index in [1.165, 1.54) is 11.1 Å².